The second kappa shape index (κ2) is 7.55. The van der Waals surface area contributed by atoms with Gasteiger partial charge >= 0.3 is 0 Å². The summed E-state index contributed by atoms with van der Waals surface area (Å²) in [5.74, 6) is -0.144. The van der Waals surface area contributed by atoms with Gasteiger partial charge < -0.3 is 14.8 Å². The van der Waals surface area contributed by atoms with Gasteiger partial charge in [0.05, 0.1) is 6.54 Å². The highest BCUT2D eigenvalue weighted by atomic mass is 19.1. The highest BCUT2D eigenvalue weighted by Crippen LogP contribution is 2.29. The van der Waals surface area contributed by atoms with E-state index in [1.807, 2.05) is 11.1 Å². The molecule has 0 atom stereocenters. The minimum atomic E-state index is -0.256. The molecule has 5 nitrogen and oxygen atoms in total. The number of rotatable bonds is 3. The van der Waals surface area contributed by atoms with Crippen molar-refractivity contribution in [2.75, 3.05) is 26.2 Å². The van der Waals surface area contributed by atoms with E-state index >= 15 is 0 Å². The van der Waals surface area contributed by atoms with E-state index in [0.717, 1.165) is 42.1 Å². The van der Waals surface area contributed by atoms with E-state index in [1.165, 1.54) is 17.7 Å². The van der Waals surface area contributed by atoms with Crippen molar-refractivity contribution in [1.29, 1.82) is 0 Å². The number of nitrogens with zero attached hydrogens (tertiary/aromatic N) is 2. The molecule has 2 amide bonds. The molecule has 142 valence electrons. The van der Waals surface area contributed by atoms with Gasteiger partial charge in [-0.15, -0.1) is 0 Å². The van der Waals surface area contributed by atoms with Crippen LogP contribution in [0.3, 0.4) is 0 Å². The first-order valence-electron chi connectivity index (χ1n) is 9.63. The molecule has 0 unspecified atom stereocenters. The average molecular weight is 369 g/mol. The first kappa shape index (κ1) is 17.8. The van der Waals surface area contributed by atoms with Crippen molar-refractivity contribution >= 4 is 28.3 Å². The van der Waals surface area contributed by atoms with Crippen molar-refractivity contribution in [3.05, 3.63) is 41.9 Å². The zero-order valence-electron chi connectivity index (χ0n) is 15.3. The summed E-state index contributed by atoms with van der Waals surface area (Å²) in [5, 5.41) is 0.998. The van der Waals surface area contributed by atoms with Crippen LogP contribution in [0.25, 0.3) is 16.5 Å². The molecule has 2 aliphatic rings. The molecule has 0 saturated carbocycles. The smallest absolute Gasteiger partial charge is 0.242 e. The number of hydrogen-bond donors (Lipinski definition) is 1. The molecular weight excluding hydrogens is 345 g/mol. The van der Waals surface area contributed by atoms with Crippen molar-refractivity contribution in [3.63, 3.8) is 0 Å². The number of aromatic amines is 1. The third-order valence-corrected chi connectivity index (χ3v) is 5.55. The molecule has 2 aliphatic heterocycles. The van der Waals surface area contributed by atoms with Crippen LogP contribution in [-0.2, 0) is 9.59 Å². The second-order valence-electron chi connectivity index (χ2n) is 7.34. The maximum absolute atomic E-state index is 13.4. The van der Waals surface area contributed by atoms with Crippen molar-refractivity contribution in [1.82, 2.24) is 14.8 Å². The number of nitrogens with one attached hydrogen (secondary N) is 1. The fraction of sp³-hybridized carbons (Fsp3) is 0.429. The van der Waals surface area contributed by atoms with Gasteiger partial charge in [0.15, 0.2) is 0 Å². The normalized spacial score (nSPS) is 18.6. The van der Waals surface area contributed by atoms with Gasteiger partial charge in [-0.1, -0.05) is 12.5 Å². The second-order valence-corrected chi connectivity index (χ2v) is 7.34. The fourth-order valence-electron chi connectivity index (χ4n) is 3.97. The molecule has 0 radical (unpaired) electrons. The maximum atomic E-state index is 13.4. The van der Waals surface area contributed by atoms with E-state index < -0.39 is 0 Å². The van der Waals surface area contributed by atoms with E-state index in [2.05, 4.69) is 11.1 Å². The van der Waals surface area contributed by atoms with Crippen LogP contribution in [0.4, 0.5) is 4.39 Å². The van der Waals surface area contributed by atoms with Gasteiger partial charge in [-0.05, 0) is 43.0 Å². The Morgan fingerprint density at radius 2 is 2.04 bits per heavy atom. The van der Waals surface area contributed by atoms with Crippen molar-refractivity contribution < 1.29 is 14.0 Å². The molecule has 1 aromatic heterocycles. The molecule has 1 aromatic carbocycles. The van der Waals surface area contributed by atoms with Gasteiger partial charge in [0, 0.05) is 48.7 Å². The molecule has 2 aromatic rings. The number of amides is 2. The summed E-state index contributed by atoms with van der Waals surface area (Å²) in [5.41, 5.74) is 3.02. The summed E-state index contributed by atoms with van der Waals surface area (Å²) in [4.78, 5) is 31.4. The van der Waals surface area contributed by atoms with Gasteiger partial charge in [0.25, 0.3) is 0 Å². The van der Waals surface area contributed by atoms with Crippen LogP contribution in [0.1, 0.15) is 37.7 Å². The third kappa shape index (κ3) is 3.75. The molecule has 0 aliphatic carbocycles. The summed E-state index contributed by atoms with van der Waals surface area (Å²) in [6, 6.07) is 4.76. The molecule has 4 rings (SSSR count). The van der Waals surface area contributed by atoms with Crippen LogP contribution < -0.4 is 0 Å². The average Bonchev–Trinajstić information content (AvgIpc) is 2.98. The van der Waals surface area contributed by atoms with E-state index in [9.17, 15) is 14.0 Å². The first-order valence-corrected chi connectivity index (χ1v) is 9.63. The molecule has 1 saturated heterocycles. The molecular formula is C21H24FN3O2. The largest absolute Gasteiger partial charge is 0.360 e. The highest BCUT2D eigenvalue weighted by molar-refractivity contribution is 5.93. The van der Waals surface area contributed by atoms with Gasteiger partial charge in [-0.3, -0.25) is 9.59 Å². The van der Waals surface area contributed by atoms with E-state index in [0.29, 0.717) is 26.1 Å². The van der Waals surface area contributed by atoms with Gasteiger partial charge in [0.2, 0.25) is 11.8 Å². The maximum Gasteiger partial charge on any atom is 0.242 e. The number of aromatic nitrogens is 1. The number of halogens is 1. The van der Waals surface area contributed by atoms with Crippen LogP contribution in [-0.4, -0.2) is 52.8 Å². The first-order chi connectivity index (χ1) is 13.1. The molecule has 27 heavy (non-hydrogen) atoms. The highest BCUT2D eigenvalue weighted by Gasteiger charge is 2.24. The monoisotopic (exact) mass is 369 g/mol. The van der Waals surface area contributed by atoms with Crippen LogP contribution in [0, 0.1) is 5.82 Å². The van der Waals surface area contributed by atoms with Crippen LogP contribution in [0.15, 0.2) is 30.5 Å². The molecule has 0 spiro atoms. The summed E-state index contributed by atoms with van der Waals surface area (Å²) in [6.45, 7) is 2.06. The lowest BCUT2D eigenvalue weighted by Gasteiger charge is -2.29. The van der Waals surface area contributed by atoms with Gasteiger partial charge in [-0.2, -0.15) is 0 Å². The van der Waals surface area contributed by atoms with Crippen molar-refractivity contribution in [2.45, 2.75) is 32.1 Å². The Hall–Kier alpha value is -2.63. The van der Waals surface area contributed by atoms with Crippen LogP contribution >= 0.6 is 0 Å². The molecule has 1 N–H and O–H groups in total. The topological polar surface area (TPSA) is 56.4 Å². The number of carbonyl (C=O) groups is 2. The predicted octanol–water partition coefficient (Wildman–Crippen LogP) is 3.33. The summed E-state index contributed by atoms with van der Waals surface area (Å²) >= 11 is 0. The van der Waals surface area contributed by atoms with Gasteiger partial charge in [-0.25, -0.2) is 4.39 Å². The van der Waals surface area contributed by atoms with E-state index in [-0.39, 0.29) is 24.2 Å². The van der Waals surface area contributed by atoms with Crippen LogP contribution in [0.2, 0.25) is 0 Å². The number of H-pyrrole nitrogens is 1. The van der Waals surface area contributed by atoms with Crippen molar-refractivity contribution in [3.8, 4) is 0 Å². The zero-order chi connectivity index (χ0) is 18.8. The molecule has 0 bridgehead atoms. The number of hydrogen-bond acceptors (Lipinski definition) is 2. The number of fused-ring (bicyclic) bond motifs is 1. The Kier molecular flexibility index (Phi) is 4.97. The van der Waals surface area contributed by atoms with Crippen LogP contribution in [0.5, 0.6) is 0 Å². The standard InChI is InChI=1S/C21H24FN3O2/c22-16-5-6-17-18(13-23-19(17)12-16)15-7-10-24(11-8-15)21(27)14-25-9-3-1-2-4-20(25)26/h5-7,12-13,23H,1-4,8-11,14H2. The Morgan fingerprint density at radius 1 is 1.15 bits per heavy atom. The predicted molar refractivity (Wildman–Crippen MR) is 102 cm³/mol. The summed E-state index contributed by atoms with van der Waals surface area (Å²) in [7, 11) is 0. The summed E-state index contributed by atoms with van der Waals surface area (Å²) < 4.78 is 13.4. The zero-order valence-corrected chi connectivity index (χ0v) is 15.3. The lowest BCUT2D eigenvalue weighted by molar-refractivity contribution is -0.140. The number of likely N-dealkylation sites (tertiary alicyclic amines) is 1. The Balaban J connectivity index is 1.43. The Labute approximate surface area is 157 Å². The summed E-state index contributed by atoms with van der Waals surface area (Å²) in [6.07, 6.45) is 8.24. The minimum Gasteiger partial charge on any atom is -0.360 e. The Morgan fingerprint density at radius 3 is 2.85 bits per heavy atom. The van der Waals surface area contributed by atoms with E-state index in [4.69, 9.17) is 0 Å². The molecule has 3 heterocycles. The molecule has 6 heteroatoms. The van der Waals surface area contributed by atoms with E-state index in [1.54, 1.807) is 11.0 Å². The van der Waals surface area contributed by atoms with Gasteiger partial charge in [0.1, 0.15) is 5.82 Å². The molecule has 1 fully saturated rings. The minimum absolute atomic E-state index is 0.0153. The SMILES string of the molecule is O=C(CN1CCCCCC1=O)N1CC=C(c2c[nH]c3cc(F)ccc23)CC1. The quantitative estimate of drug-likeness (QED) is 0.902. The lowest BCUT2D eigenvalue weighted by atomic mass is 9.99. The number of benzene rings is 1. The van der Waals surface area contributed by atoms with Crippen molar-refractivity contribution in [2.24, 2.45) is 0 Å². The lowest BCUT2D eigenvalue weighted by Crippen LogP contribution is -2.44. The Bertz CT molecular complexity index is 902. The fourth-order valence-corrected chi connectivity index (χ4v) is 3.97. The third-order valence-electron chi connectivity index (χ3n) is 5.55. The number of carbonyl (C=O) groups excluding carboxylic acids is 2.